The predicted molar refractivity (Wildman–Crippen MR) is 113 cm³/mol. The van der Waals surface area contributed by atoms with Crippen LogP contribution in [0.5, 0.6) is 11.5 Å². The summed E-state index contributed by atoms with van der Waals surface area (Å²) in [5.41, 5.74) is 3.41. The summed E-state index contributed by atoms with van der Waals surface area (Å²) in [6.07, 6.45) is 3.20. The Morgan fingerprint density at radius 3 is 2.50 bits per heavy atom. The van der Waals surface area contributed by atoms with E-state index in [9.17, 15) is 0 Å². The maximum atomic E-state index is 5.96. The molecule has 0 aliphatic rings. The van der Waals surface area contributed by atoms with Gasteiger partial charge in [0.15, 0.2) is 11.5 Å². The average Bonchev–Trinajstić information content (AvgIpc) is 3.09. The molecule has 0 aliphatic heterocycles. The van der Waals surface area contributed by atoms with Crippen molar-refractivity contribution in [1.82, 2.24) is 14.9 Å². The number of rotatable bonds is 6. The van der Waals surface area contributed by atoms with Crippen molar-refractivity contribution in [2.45, 2.75) is 32.8 Å². The topological polar surface area (TPSA) is 64.4 Å². The monoisotopic (exact) mass is 396 g/mol. The standard InChI is InChI=1S/C21H24N4O2S/c1-21(2,3)17-8-5-15(6-9-17)13-27-18-10-7-16(11-19(18)26-4)12-23-25-14-22-24-20(25)28/h5-12,14H,13H2,1-4H3,(H,24,28)/b23-12-. The first-order valence-electron chi connectivity index (χ1n) is 8.93. The molecule has 2 aromatic carbocycles. The molecule has 1 aromatic heterocycles. The molecular weight excluding hydrogens is 372 g/mol. The summed E-state index contributed by atoms with van der Waals surface area (Å²) < 4.78 is 13.3. The molecule has 0 atom stereocenters. The van der Waals surface area contributed by atoms with E-state index in [1.54, 1.807) is 13.3 Å². The molecule has 1 N–H and O–H groups in total. The average molecular weight is 397 g/mol. The molecule has 0 amide bonds. The summed E-state index contributed by atoms with van der Waals surface area (Å²) in [4.78, 5) is 0. The van der Waals surface area contributed by atoms with Crippen LogP contribution in [0.15, 0.2) is 53.9 Å². The second-order valence-corrected chi connectivity index (χ2v) is 7.78. The summed E-state index contributed by atoms with van der Waals surface area (Å²) >= 11 is 5.07. The summed E-state index contributed by atoms with van der Waals surface area (Å²) in [5, 5.41) is 10.7. The van der Waals surface area contributed by atoms with Crippen LogP contribution in [-0.4, -0.2) is 28.2 Å². The minimum absolute atomic E-state index is 0.140. The highest BCUT2D eigenvalue weighted by Gasteiger charge is 2.13. The molecule has 7 heteroatoms. The molecule has 0 radical (unpaired) electrons. The molecule has 6 nitrogen and oxygen atoms in total. The Kier molecular flexibility index (Phi) is 5.94. The molecule has 28 heavy (non-hydrogen) atoms. The fraction of sp³-hybridized carbons (Fsp3) is 0.286. The van der Waals surface area contributed by atoms with E-state index < -0.39 is 0 Å². The summed E-state index contributed by atoms with van der Waals surface area (Å²) in [6.45, 7) is 7.08. The zero-order chi connectivity index (χ0) is 20.1. The van der Waals surface area contributed by atoms with Crippen molar-refractivity contribution < 1.29 is 9.47 Å². The molecule has 1 heterocycles. The van der Waals surface area contributed by atoms with Crippen LogP contribution in [0.4, 0.5) is 0 Å². The fourth-order valence-corrected chi connectivity index (χ4v) is 2.75. The zero-order valence-corrected chi connectivity index (χ0v) is 17.3. The van der Waals surface area contributed by atoms with Crippen molar-refractivity contribution in [3.63, 3.8) is 0 Å². The molecule has 3 aromatic rings. The van der Waals surface area contributed by atoms with Crippen molar-refractivity contribution in [1.29, 1.82) is 0 Å². The summed E-state index contributed by atoms with van der Waals surface area (Å²) in [7, 11) is 1.62. The molecule has 0 saturated heterocycles. The zero-order valence-electron chi connectivity index (χ0n) is 16.5. The first-order chi connectivity index (χ1) is 13.4. The Hall–Kier alpha value is -2.93. The normalized spacial score (nSPS) is 11.7. The van der Waals surface area contributed by atoms with Gasteiger partial charge in [0, 0.05) is 0 Å². The first-order valence-corrected chi connectivity index (χ1v) is 9.34. The molecule has 0 saturated carbocycles. The lowest BCUT2D eigenvalue weighted by atomic mass is 9.87. The van der Waals surface area contributed by atoms with Crippen LogP contribution < -0.4 is 9.47 Å². The van der Waals surface area contributed by atoms with Gasteiger partial charge in [-0.15, -0.1) is 0 Å². The van der Waals surface area contributed by atoms with Gasteiger partial charge in [-0.25, -0.2) is 0 Å². The Bertz CT molecular complexity index is 1010. The van der Waals surface area contributed by atoms with Gasteiger partial charge in [-0.2, -0.15) is 14.9 Å². The van der Waals surface area contributed by atoms with Crippen molar-refractivity contribution in [2.75, 3.05) is 7.11 Å². The number of aromatic amines is 1. The van der Waals surface area contributed by atoms with Crippen molar-refractivity contribution in [3.8, 4) is 11.5 Å². The Morgan fingerprint density at radius 2 is 1.89 bits per heavy atom. The van der Waals surface area contributed by atoms with Gasteiger partial charge in [0.25, 0.3) is 0 Å². The van der Waals surface area contributed by atoms with Crippen LogP contribution in [0.1, 0.15) is 37.5 Å². The number of hydrogen-bond donors (Lipinski definition) is 1. The number of methoxy groups -OCH3 is 1. The number of aromatic nitrogens is 3. The van der Waals surface area contributed by atoms with Crippen molar-refractivity contribution >= 4 is 18.4 Å². The highest BCUT2D eigenvalue weighted by Crippen LogP contribution is 2.29. The fourth-order valence-electron chi connectivity index (χ4n) is 2.60. The van der Waals surface area contributed by atoms with Crippen molar-refractivity contribution in [3.05, 3.63) is 70.3 Å². The van der Waals surface area contributed by atoms with Gasteiger partial charge < -0.3 is 9.47 Å². The lowest BCUT2D eigenvalue weighted by Crippen LogP contribution is -2.10. The van der Waals surface area contributed by atoms with E-state index in [4.69, 9.17) is 21.7 Å². The Labute approximate surface area is 169 Å². The third kappa shape index (κ3) is 4.86. The number of H-pyrrole nitrogens is 1. The first kappa shape index (κ1) is 19.8. The van der Waals surface area contributed by atoms with E-state index in [1.807, 2.05) is 18.2 Å². The number of benzene rings is 2. The van der Waals surface area contributed by atoms with Gasteiger partial charge in [-0.3, -0.25) is 5.10 Å². The maximum absolute atomic E-state index is 5.96. The second kappa shape index (κ2) is 8.39. The summed E-state index contributed by atoms with van der Waals surface area (Å²) in [6, 6.07) is 14.1. The van der Waals surface area contributed by atoms with E-state index in [2.05, 4.69) is 60.3 Å². The largest absolute Gasteiger partial charge is 0.493 e. The van der Waals surface area contributed by atoms with Crippen LogP contribution in [0.25, 0.3) is 0 Å². The summed E-state index contributed by atoms with van der Waals surface area (Å²) in [5.74, 6) is 1.32. The maximum Gasteiger partial charge on any atom is 0.216 e. The minimum atomic E-state index is 0.140. The van der Waals surface area contributed by atoms with Crippen LogP contribution in [-0.2, 0) is 12.0 Å². The van der Waals surface area contributed by atoms with Gasteiger partial charge in [-0.05, 0) is 52.5 Å². The third-order valence-corrected chi connectivity index (χ3v) is 4.55. The van der Waals surface area contributed by atoms with Crippen LogP contribution in [0, 0.1) is 4.77 Å². The van der Waals surface area contributed by atoms with Gasteiger partial charge in [-0.1, -0.05) is 45.0 Å². The quantitative estimate of drug-likeness (QED) is 0.484. The molecular formula is C21H24N4O2S. The molecule has 0 unspecified atom stereocenters. The Morgan fingerprint density at radius 1 is 1.14 bits per heavy atom. The molecule has 146 valence electrons. The predicted octanol–water partition coefficient (Wildman–Crippen LogP) is 4.71. The van der Waals surface area contributed by atoms with Gasteiger partial charge >= 0.3 is 0 Å². The molecule has 0 bridgehead atoms. The van der Waals surface area contributed by atoms with E-state index in [0.717, 1.165) is 11.1 Å². The minimum Gasteiger partial charge on any atom is -0.493 e. The lowest BCUT2D eigenvalue weighted by molar-refractivity contribution is 0.284. The van der Waals surface area contributed by atoms with E-state index >= 15 is 0 Å². The molecule has 0 aliphatic carbocycles. The lowest BCUT2D eigenvalue weighted by Gasteiger charge is -2.19. The number of hydrogen-bond acceptors (Lipinski definition) is 5. The van der Waals surface area contributed by atoms with Crippen molar-refractivity contribution in [2.24, 2.45) is 5.10 Å². The number of ether oxygens (including phenoxy) is 2. The van der Waals surface area contributed by atoms with E-state index in [1.165, 1.54) is 16.6 Å². The van der Waals surface area contributed by atoms with E-state index in [0.29, 0.717) is 22.9 Å². The molecule has 0 spiro atoms. The van der Waals surface area contributed by atoms with Crippen LogP contribution in [0.2, 0.25) is 0 Å². The van der Waals surface area contributed by atoms with Gasteiger partial charge in [0.05, 0.1) is 13.3 Å². The highest BCUT2D eigenvalue weighted by atomic mass is 32.1. The Balaban J connectivity index is 1.69. The molecule has 0 fully saturated rings. The van der Waals surface area contributed by atoms with Gasteiger partial charge in [0.1, 0.15) is 12.9 Å². The van der Waals surface area contributed by atoms with Crippen LogP contribution in [0.3, 0.4) is 0 Å². The SMILES string of the molecule is COc1cc(/C=N\n2cn[nH]c2=S)ccc1OCc1ccc(C(C)(C)C)cc1. The van der Waals surface area contributed by atoms with Crippen LogP contribution >= 0.6 is 12.2 Å². The van der Waals surface area contributed by atoms with Gasteiger partial charge in [0.2, 0.25) is 4.77 Å². The third-order valence-electron chi connectivity index (χ3n) is 4.27. The number of nitrogens with one attached hydrogen (secondary N) is 1. The number of nitrogens with zero attached hydrogens (tertiary/aromatic N) is 3. The second-order valence-electron chi connectivity index (χ2n) is 7.40. The van der Waals surface area contributed by atoms with E-state index in [-0.39, 0.29) is 5.41 Å². The molecule has 3 rings (SSSR count). The highest BCUT2D eigenvalue weighted by molar-refractivity contribution is 7.71. The smallest absolute Gasteiger partial charge is 0.216 e.